The molecule has 0 spiro atoms. The van der Waals surface area contributed by atoms with Crippen LogP contribution >= 0.6 is 11.6 Å². The number of nitrogens with one attached hydrogen (secondary N) is 1. The third-order valence-electron chi connectivity index (χ3n) is 5.13. The van der Waals surface area contributed by atoms with Crippen molar-refractivity contribution in [2.75, 3.05) is 13.1 Å². The smallest absolute Gasteiger partial charge is 0.0482 e. The Morgan fingerprint density at radius 1 is 1.05 bits per heavy atom. The van der Waals surface area contributed by atoms with E-state index in [0.717, 1.165) is 37.4 Å². The number of nitrogens with zero attached hydrogens (tertiary/aromatic N) is 1. The molecular weight excluding hydrogens is 292 g/mol. The number of pyridine rings is 1. The number of aromatic nitrogens is 1. The Hall–Kier alpha value is -1.38. The second-order valence-electron chi connectivity index (χ2n) is 6.44. The fourth-order valence-corrected chi connectivity index (χ4v) is 4.14. The summed E-state index contributed by atoms with van der Waals surface area (Å²) in [7, 11) is 0. The summed E-state index contributed by atoms with van der Waals surface area (Å²) in [5.41, 5.74) is 7.10. The molecular formula is C19H21ClN2. The van der Waals surface area contributed by atoms with Gasteiger partial charge in [-0.05, 0) is 85.1 Å². The summed E-state index contributed by atoms with van der Waals surface area (Å²) in [5.74, 6) is 0.697. The van der Waals surface area contributed by atoms with Gasteiger partial charge in [-0.1, -0.05) is 17.7 Å². The standard InChI is InChI=1S/C19H21ClN2/c20-16-3-1-15-12-19-18(4-2-14(15)11-16)17(7-10-22-19)13-5-8-21-9-6-13/h1,3,7,10-11,13,21H,2,4-6,8-9,12H2. The first kappa shape index (κ1) is 14.2. The summed E-state index contributed by atoms with van der Waals surface area (Å²) in [6, 6.07) is 8.57. The minimum Gasteiger partial charge on any atom is -0.317 e. The molecule has 2 aliphatic rings. The van der Waals surface area contributed by atoms with Crippen LogP contribution in [0.2, 0.25) is 5.02 Å². The van der Waals surface area contributed by atoms with E-state index in [1.54, 1.807) is 5.56 Å². The lowest BCUT2D eigenvalue weighted by atomic mass is 9.85. The Morgan fingerprint density at radius 3 is 2.77 bits per heavy atom. The van der Waals surface area contributed by atoms with Crippen LogP contribution in [0.3, 0.4) is 0 Å². The lowest BCUT2D eigenvalue weighted by Gasteiger charge is -2.25. The zero-order chi connectivity index (χ0) is 14.9. The van der Waals surface area contributed by atoms with Gasteiger partial charge in [-0.2, -0.15) is 0 Å². The molecule has 3 heteroatoms. The van der Waals surface area contributed by atoms with E-state index < -0.39 is 0 Å². The molecule has 0 amide bonds. The molecule has 1 N–H and O–H groups in total. The molecule has 0 atom stereocenters. The molecule has 2 aromatic rings. The molecule has 1 aromatic heterocycles. The van der Waals surface area contributed by atoms with E-state index in [4.69, 9.17) is 16.6 Å². The van der Waals surface area contributed by atoms with E-state index in [-0.39, 0.29) is 0 Å². The number of hydrogen-bond donors (Lipinski definition) is 1. The molecule has 0 unspecified atom stereocenters. The quantitative estimate of drug-likeness (QED) is 0.864. The van der Waals surface area contributed by atoms with Crippen molar-refractivity contribution in [1.29, 1.82) is 0 Å². The zero-order valence-electron chi connectivity index (χ0n) is 12.7. The van der Waals surface area contributed by atoms with Crippen LogP contribution in [0.15, 0.2) is 30.5 Å². The normalized spacial score (nSPS) is 18.4. The average molecular weight is 313 g/mol. The molecule has 114 valence electrons. The van der Waals surface area contributed by atoms with Crippen LogP contribution in [0.1, 0.15) is 46.7 Å². The first-order valence-corrected chi connectivity index (χ1v) is 8.64. The van der Waals surface area contributed by atoms with E-state index in [2.05, 4.69) is 23.5 Å². The van der Waals surface area contributed by atoms with Crippen LogP contribution in [0.5, 0.6) is 0 Å². The van der Waals surface area contributed by atoms with Gasteiger partial charge in [0.2, 0.25) is 0 Å². The molecule has 4 rings (SSSR count). The number of hydrogen-bond acceptors (Lipinski definition) is 2. The fraction of sp³-hybridized carbons (Fsp3) is 0.421. The Bertz CT molecular complexity index is 690. The maximum Gasteiger partial charge on any atom is 0.0482 e. The van der Waals surface area contributed by atoms with Crippen molar-refractivity contribution < 1.29 is 0 Å². The number of halogens is 1. The summed E-state index contributed by atoms with van der Waals surface area (Å²) in [6.07, 6.45) is 7.62. The minimum absolute atomic E-state index is 0.697. The highest BCUT2D eigenvalue weighted by Crippen LogP contribution is 2.33. The molecule has 2 nitrogen and oxygen atoms in total. The molecule has 2 heterocycles. The third-order valence-corrected chi connectivity index (χ3v) is 5.37. The van der Waals surface area contributed by atoms with Gasteiger partial charge in [-0.25, -0.2) is 0 Å². The third kappa shape index (κ3) is 2.66. The summed E-state index contributed by atoms with van der Waals surface area (Å²) in [5, 5.41) is 4.31. The average Bonchev–Trinajstić information content (AvgIpc) is 2.74. The van der Waals surface area contributed by atoms with Gasteiger partial charge in [0.05, 0.1) is 0 Å². The SMILES string of the molecule is Clc1ccc2c(c1)CCc1c(C3CCNCC3)ccnc1C2. The second-order valence-corrected chi connectivity index (χ2v) is 6.88. The van der Waals surface area contributed by atoms with Gasteiger partial charge in [0.15, 0.2) is 0 Å². The molecule has 1 aliphatic carbocycles. The number of rotatable bonds is 1. The Morgan fingerprint density at radius 2 is 1.91 bits per heavy atom. The summed E-state index contributed by atoms with van der Waals surface area (Å²) in [6.45, 7) is 2.27. The molecule has 0 radical (unpaired) electrons. The van der Waals surface area contributed by atoms with Crippen LogP contribution in [-0.4, -0.2) is 18.1 Å². The molecule has 1 aromatic carbocycles. The Labute approximate surface area is 136 Å². The Kier molecular flexibility index (Phi) is 3.89. The first-order chi connectivity index (χ1) is 10.8. The lowest BCUT2D eigenvalue weighted by Crippen LogP contribution is -2.27. The van der Waals surface area contributed by atoms with E-state index in [0.29, 0.717) is 5.92 Å². The Balaban J connectivity index is 1.72. The van der Waals surface area contributed by atoms with Gasteiger partial charge in [0.25, 0.3) is 0 Å². The maximum absolute atomic E-state index is 6.17. The number of fused-ring (bicyclic) bond motifs is 2. The van der Waals surface area contributed by atoms with Gasteiger partial charge >= 0.3 is 0 Å². The first-order valence-electron chi connectivity index (χ1n) is 8.26. The second kappa shape index (κ2) is 6.02. The van der Waals surface area contributed by atoms with Crippen LogP contribution in [0.4, 0.5) is 0 Å². The molecule has 22 heavy (non-hydrogen) atoms. The monoisotopic (exact) mass is 312 g/mol. The fourth-order valence-electron chi connectivity index (χ4n) is 3.95. The summed E-state index contributed by atoms with van der Waals surface area (Å²) >= 11 is 6.17. The van der Waals surface area contributed by atoms with Crippen LogP contribution in [-0.2, 0) is 19.3 Å². The highest BCUT2D eigenvalue weighted by atomic mass is 35.5. The van der Waals surface area contributed by atoms with Crippen molar-refractivity contribution in [2.24, 2.45) is 0 Å². The van der Waals surface area contributed by atoms with Gasteiger partial charge in [-0.3, -0.25) is 4.98 Å². The zero-order valence-corrected chi connectivity index (χ0v) is 13.5. The highest BCUT2D eigenvalue weighted by Gasteiger charge is 2.22. The largest absolute Gasteiger partial charge is 0.317 e. The predicted octanol–water partition coefficient (Wildman–Crippen LogP) is 3.89. The molecule has 1 aliphatic heterocycles. The molecule has 0 saturated carbocycles. The van der Waals surface area contributed by atoms with Crippen molar-refractivity contribution in [3.63, 3.8) is 0 Å². The predicted molar refractivity (Wildman–Crippen MR) is 90.7 cm³/mol. The molecule has 1 saturated heterocycles. The van der Waals surface area contributed by atoms with Gasteiger partial charge < -0.3 is 5.32 Å². The summed E-state index contributed by atoms with van der Waals surface area (Å²) in [4.78, 5) is 4.71. The molecule has 1 fully saturated rings. The van der Waals surface area contributed by atoms with E-state index >= 15 is 0 Å². The van der Waals surface area contributed by atoms with Crippen molar-refractivity contribution in [3.8, 4) is 0 Å². The number of aryl methyl sites for hydroxylation is 1. The van der Waals surface area contributed by atoms with Crippen molar-refractivity contribution in [1.82, 2.24) is 10.3 Å². The number of piperidine rings is 1. The van der Waals surface area contributed by atoms with Crippen LogP contribution in [0.25, 0.3) is 0 Å². The molecule has 0 bridgehead atoms. The van der Waals surface area contributed by atoms with Gasteiger partial charge in [-0.15, -0.1) is 0 Å². The van der Waals surface area contributed by atoms with Crippen molar-refractivity contribution in [3.05, 3.63) is 63.4 Å². The highest BCUT2D eigenvalue weighted by molar-refractivity contribution is 6.30. The van der Waals surface area contributed by atoms with E-state index in [9.17, 15) is 0 Å². The lowest BCUT2D eigenvalue weighted by molar-refractivity contribution is 0.457. The van der Waals surface area contributed by atoms with E-state index in [1.807, 2.05) is 12.3 Å². The van der Waals surface area contributed by atoms with Crippen molar-refractivity contribution >= 4 is 11.6 Å². The maximum atomic E-state index is 6.17. The topological polar surface area (TPSA) is 24.9 Å². The van der Waals surface area contributed by atoms with Gasteiger partial charge in [0, 0.05) is 23.3 Å². The van der Waals surface area contributed by atoms with Crippen LogP contribution < -0.4 is 5.32 Å². The van der Waals surface area contributed by atoms with Crippen molar-refractivity contribution in [2.45, 2.75) is 38.0 Å². The summed E-state index contributed by atoms with van der Waals surface area (Å²) < 4.78 is 0. The minimum atomic E-state index is 0.697. The van der Waals surface area contributed by atoms with E-state index in [1.165, 1.54) is 35.2 Å². The van der Waals surface area contributed by atoms with Crippen LogP contribution in [0, 0.1) is 0 Å². The number of benzene rings is 1. The van der Waals surface area contributed by atoms with Gasteiger partial charge in [0.1, 0.15) is 0 Å².